The Balaban J connectivity index is 2.00. The molecule has 6 heteroatoms. The Hall–Kier alpha value is -1.96. The molecule has 96 valence electrons. The predicted molar refractivity (Wildman–Crippen MR) is 83.5 cm³/mol. The molecule has 0 saturated heterocycles. The van der Waals surface area contributed by atoms with Crippen molar-refractivity contribution in [3.8, 4) is 0 Å². The van der Waals surface area contributed by atoms with E-state index in [1.807, 2.05) is 24.3 Å². The van der Waals surface area contributed by atoms with Gasteiger partial charge in [0, 0.05) is 15.7 Å². The number of rotatable bonds is 4. The monoisotopic (exact) mass is 367 g/mol. The summed E-state index contributed by atoms with van der Waals surface area (Å²) in [6, 6.07) is 14.0. The summed E-state index contributed by atoms with van der Waals surface area (Å²) in [6.07, 6.45) is 1.70. The van der Waals surface area contributed by atoms with Gasteiger partial charge in [0.05, 0.1) is 16.8 Å². The number of hydrogen-bond donors (Lipinski definition) is 1. The lowest BCUT2D eigenvalue weighted by Crippen LogP contribution is -1.92. The molecule has 0 heterocycles. The third-order valence-electron chi connectivity index (χ3n) is 2.33. The molecule has 2 aromatic rings. The van der Waals surface area contributed by atoms with Crippen LogP contribution < -0.4 is 5.43 Å². The standard InChI is InChI=1S/C13H10IN3O2/c14-11-3-1-2-10(8-11)9-15-16-12-4-6-13(7-5-12)17(18)19/h1-9,16H/b15-9+. The first-order chi connectivity index (χ1) is 9.15. The number of nitro benzene ring substituents is 1. The highest BCUT2D eigenvalue weighted by molar-refractivity contribution is 14.1. The lowest BCUT2D eigenvalue weighted by atomic mass is 10.2. The van der Waals surface area contributed by atoms with Crippen molar-refractivity contribution in [2.24, 2.45) is 5.10 Å². The second-order valence-electron chi connectivity index (χ2n) is 3.73. The topological polar surface area (TPSA) is 67.5 Å². The average Bonchev–Trinajstić information content (AvgIpc) is 2.39. The van der Waals surface area contributed by atoms with Crippen molar-refractivity contribution in [1.29, 1.82) is 0 Å². The molecule has 0 atom stereocenters. The van der Waals surface area contributed by atoms with Gasteiger partial charge < -0.3 is 0 Å². The molecule has 0 saturated carbocycles. The van der Waals surface area contributed by atoms with Gasteiger partial charge in [-0.3, -0.25) is 15.5 Å². The lowest BCUT2D eigenvalue weighted by Gasteiger charge is -1.99. The van der Waals surface area contributed by atoms with E-state index in [4.69, 9.17) is 0 Å². The Labute approximate surface area is 123 Å². The van der Waals surface area contributed by atoms with E-state index in [0.29, 0.717) is 5.69 Å². The van der Waals surface area contributed by atoms with Gasteiger partial charge in [0.15, 0.2) is 0 Å². The van der Waals surface area contributed by atoms with Crippen LogP contribution in [0.5, 0.6) is 0 Å². The number of hydrogen-bond acceptors (Lipinski definition) is 4. The number of halogens is 1. The molecule has 0 aliphatic carbocycles. The molecule has 5 nitrogen and oxygen atoms in total. The van der Waals surface area contributed by atoms with Crippen LogP contribution in [0, 0.1) is 13.7 Å². The Morgan fingerprint density at radius 1 is 1.21 bits per heavy atom. The molecule has 0 amide bonds. The fourth-order valence-electron chi connectivity index (χ4n) is 1.43. The molecule has 1 N–H and O–H groups in total. The van der Waals surface area contributed by atoms with Gasteiger partial charge in [0.2, 0.25) is 0 Å². The lowest BCUT2D eigenvalue weighted by molar-refractivity contribution is -0.384. The van der Waals surface area contributed by atoms with E-state index in [0.717, 1.165) is 9.13 Å². The molecule has 0 unspecified atom stereocenters. The highest BCUT2D eigenvalue weighted by Crippen LogP contribution is 2.15. The van der Waals surface area contributed by atoms with E-state index >= 15 is 0 Å². The summed E-state index contributed by atoms with van der Waals surface area (Å²) in [5.74, 6) is 0. The maximum atomic E-state index is 10.5. The third-order valence-corrected chi connectivity index (χ3v) is 3.01. The van der Waals surface area contributed by atoms with Gasteiger partial charge in [-0.1, -0.05) is 12.1 Å². The maximum absolute atomic E-state index is 10.5. The van der Waals surface area contributed by atoms with Gasteiger partial charge in [-0.05, 0) is 52.4 Å². The summed E-state index contributed by atoms with van der Waals surface area (Å²) >= 11 is 2.23. The van der Waals surface area contributed by atoms with E-state index in [9.17, 15) is 10.1 Å². The predicted octanol–water partition coefficient (Wildman–Crippen LogP) is 3.65. The minimum Gasteiger partial charge on any atom is -0.278 e. The molecule has 0 aliphatic heterocycles. The largest absolute Gasteiger partial charge is 0.278 e. The molecule has 0 aromatic heterocycles. The van der Waals surface area contributed by atoms with Crippen molar-refractivity contribution in [2.45, 2.75) is 0 Å². The number of non-ortho nitro benzene ring substituents is 1. The average molecular weight is 367 g/mol. The van der Waals surface area contributed by atoms with Gasteiger partial charge >= 0.3 is 0 Å². The van der Waals surface area contributed by atoms with Crippen molar-refractivity contribution in [2.75, 3.05) is 5.43 Å². The molecule has 0 spiro atoms. The number of benzene rings is 2. The molecule has 0 bridgehead atoms. The summed E-state index contributed by atoms with van der Waals surface area (Å²) in [6.45, 7) is 0. The summed E-state index contributed by atoms with van der Waals surface area (Å²) in [7, 11) is 0. The summed E-state index contributed by atoms with van der Waals surface area (Å²) in [5.41, 5.74) is 4.57. The zero-order chi connectivity index (χ0) is 13.7. The van der Waals surface area contributed by atoms with E-state index < -0.39 is 4.92 Å². The Morgan fingerprint density at radius 3 is 2.58 bits per heavy atom. The van der Waals surface area contributed by atoms with Gasteiger partial charge in [-0.15, -0.1) is 0 Å². The van der Waals surface area contributed by atoms with Gasteiger partial charge in [-0.2, -0.15) is 5.10 Å². The smallest absolute Gasteiger partial charge is 0.269 e. The number of hydrazone groups is 1. The number of anilines is 1. The summed E-state index contributed by atoms with van der Waals surface area (Å²) < 4.78 is 1.14. The van der Waals surface area contributed by atoms with Crippen molar-refractivity contribution in [1.82, 2.24) is 0 Å². The number of nitro groups is 1. The van der Waals surface area contributed by atoms with Crippen LogP contribution >= 0.6 is 22.6 Å². The molecular formula is C13H10IN3O2. The molecule has 0 aliphatic rings. The number of nitrogens with one attached hydrogen (secondary N) is 1. The highest BCUT2D eigenvalue weighted by Gasteiger charge is 2.02. The van der Waals surface area contributed by atoms with Crippen LogP contribution in [0.1, 0.15) is 5.56 Å². The molecule has 19 heavy (non-hydrogen) atoms. The summed E-state index contributed by atoms with van der Waals surface area (Å²) in [4.78, 5) is 10.1. The van der Waals surface area contributed by atoms with E-state index in [1.54, 1.807) is 18.3 Å². The minimum atomic E-state index is -0.432. The van der Waals surface area contributed by atoms with Crippen LogP contribution in [0.4, 0.5) is 11.4 Å². The normalized spacial score (nSPS) is 10.6. The Morgan fingerprint density at radius 2 is 1.95 bits per heavy atom. The van der Waals surface area contributed by atoms with Gasteiger partial charge in [0.1, 0.15) is 0 Å². The molecule has 0 radical (unpaired) electrons. The van der Waals surface area contributed by atoms with Crippen LogP contribution in [0.2, 0.25) is 0 Å². The van der Waals surface area contributed by atoms with E-state index in [1.165, 1.54) is 12.1 Å². The fraction of sp³-hybridized carbons (Fsp3) is 0. The van der Waals surface area contributed by atoms with E-state index in [-0.39, 0.29) is 5.69 Å². The van der Waals surface area contributed by atoms with Crippen molar-refractivity contribution in [3.63, 3.8) is 0 Å². The molecule has 2 aromatic carbocycles. The van der Waals surface area contributed by atoms with E-state index in [2.05, 4.69) is 33.1 Å². The second kappa shape index (κ2) is 6.28. The fourth-order valence-corrected chi connectivity index (χ4v) is 1.99. The van der Waals surface area contributed by atoms with Crippen molar-refractivity contribution in [3.05, 3.63) is 67.8 Å². The van der Waals surface area contributed by atoms with Gasteiger partial charge in [-0.25, -0.2) is 0 Å². The second-order valence-corrected chi connectivity index (χ2v) is 4.97. The quantitative estimate of drug-likeness (QED) is 0.388. The van der Waals surface area contributed by atoms with Gasteiger partial charge in [0.25, 0.3) is 5.69 Å². The molecule has 2 rings (SSSR count). The first-order valence-corrected chi connectivity index (χ1v) is 6.52. The minimum absolute atomic E-state index is 0.0622. The zero-order valence-corrected chi connectivity index (χ0v) is 11.9. The Kier molecular flexibility index (Phi) is 4.45. The zero-order valence-electron chi connectivity index (χ0n) is 9.79. The van der Waals surface area contributed by atoms with Crippen molar-refractivity contribution < 1.29 is 4.92 Å². The first kappa shape index (κ1) is 13.5. The summed E-state index contributed by atoms with van der Waals surface area (Å²) in [5, 5.41) is 14.6. The highest BCUT2D eigenvalue weighted by atomic mass is 127. The van der Waals surface area contributed by atoms with Crippen LogP contribution in [-0.4, -0.2) is 11.1 Å². The van der Waals surface area contributed by atoms with Crippen LogP contribution in [0.15, 0.2) is 53.6 Å². The Bertz CT molecular complexity index is 612. The maximum Gasteiger partial charge on any atom is 0.269 e. The van der Waals surface area contributed by atoms with Crippen LogP contribution in [-0.2, 0) is 0 Å². The SMILES string of the molecule is O=[N+]([O-])c1ccc(N/N=C/c2cccc(I)c2)cc1. The van der Waals surface area contributed by atoms with Crippen LogP contribution in [0.25, 0.3) is 0 Å². The first-order valence-electron chi connectivity index (χ1n) is 5.44. The molecule has 0 fully saturated rings. The van der Waals surface area contributed by atoms with Crippen molar-refractivity contribution >= 4 is 40.2 Å². The van der Waals surface area contributed by atoms with Crippen LogP contribution in [0.3, 0.4) is 0 Å². The third kappa shape index (κ3) is 4.02. The molecular weight excluding hydrogens is 357 g/mol. The number of nitrogens with zero attached hydrogens (tertiary/aromatic N) is 2.